The van der Waals surface area contributed by atoms with E-state index in [9.17, 15) is 4.79 Å². The highest BCUT2D eigenvalue weighted by molar-refractivity contribution is 5.99. The van der Waals surface area contributed by atoms with E-state index in [1.54, 1.807) is 0 Å². The van der Waals surface area contributed by atoms with E-state index in [1.165, 1.54) is 24.6 Å². The number of carbonyl (C=O) groups is 1. The number of aryl methyl sites for hydroxylation is 1. The SMILES string of the molecule is Cc1ccccc1-n1nc(C(=O)NC2CCCCC2)cc1-c1cccc2ccccc12. The lowest BCUT2D eigenvalue weighted by Crippen LogP contribution is -2.36. The summed E-state index contributed by atoms with van der Waals surface area (Å²) < 4.78 is 1.92. The van der Waals surface area contributed by atoms with Crippen molar-refractivity contribution in [2.75, 3.05) is 0 Å². The van der Waals surface area contributed by atoms with Crippen LogP contribution in [0.25, 0.3) is 27.7 Å². The van der Waals surface area contributed by atoms with E-state index in [2.05, 4.69) is 60.8 Å². The Morgan fingerprint density at radius 3 is 2.52 bits per heavy atom. The third-order valence-electron chi connectivity index (χ3n) is 6.29. The molecule has 1 amide bonds. The summed E-state index contributed by atoms with van der Waals surface area (Å²) in [6, 6.07) is 25.0. The summed E-state index contributed by atoms with van der Waals surface area (Å²) in [6.45, 7) is 2.08. The first-order valence-corrected chi connectivity index (χ1v) is 11.2. The maximum Gasteiger partial charge on any atom is 0.272 e. The van der Waals surface area contributed by atoms with E-state index in [4.69, 9.17) is 5.10 Å². The Morgan fingerprint density at radius 1 is 0.935 bits per heavy atom. The molecule has 31 heavy (non-hydrogen) atoms. The number of rotatable bonds is 4. The van der Waals surface area contributed by atoms with E-state index >= 15 is 0 Å². The molecule has 1 N–H and O–H groups in total. The second-order valence-electron chi connectivity index (χ2n) is 8.45. The molecular formula is C27H27N3O. The van der Waals surface area contributed by atoms with Crippen molar-refractivity contribution in [3.63, 3.8) is 0 Å². The monoisotopic (exact) mass is 409 g/mol. The number of aromatic nitrogens is 2. The van der Waals surface area contributed by atoms with Gasteiger partial charge in [-0.2, -0.15) is 5.10 Å². The van der Waals surface area contributed by atoms with Crippen molar-refractivity contribution < 1.29 is 4.79 Å². The van der Waals surface area contributed by atoms with Crippen LogP contribution in [0, 0.1) is 6.92 Å². The standard InChI is InChI=1S/C27H27N3O/c1-19-10-5-8-17-25(19)30-26(23-16-9-12-20-11-6-7-15-22(20)23)18-24(29-30)27(31)28-21-13-3-2-4-14-21/h5-12,15-18,21H,2-4,13-14H2,1H3,(H,28,31). The fourth-order valence-electron chi connectivity index (χ4n) is 4.62. The van der Waals surface area contributed by atoms with Crippen molar-refractivity contribution in [3.05, 3.63) is 84.1 Å². The van der Waals surface area contributed by atoms with E-state index in [0.717, 1.165) is 40.7 Å². The number of nitrogens with one attached hydrogen (secondary N) is 1. The maximum absolute atomic E-state index is 13.1. The first-order chi connectivity index (χ1) is 15.2. The molecule has 5 rings (SSSR count). The van der Waals surface area contributed by atoms with Crippen molar-refractivity contribution in [1.82, 2.24) is 15.1 Å². The van der Waals surface area contributed by atoms with Crippen molar-refractivity contribution in [3.8, 4) is 16.9 Å². The molecule has 0 bridgehead atoms. The second kappa shape index (κ2) is 8.38. The molecule has 1 saturated carbocycles. The molecule has 4 nitrogen and oxygen atoms in total. The van der Waals surface area contributed by atoms with Crippen LogP contribution < -0.4 is 5.32 Å². The highest BCUT2D eigenvalue weighted by Gasteiger charge is 2.22. The van der Waals surface area contributed by atoms with Gasteiger partial charge in [0.1, 0.15) is 0 Å². The molecule has 1 aliphatic carbocycles. The van der Waals surface area contributed by atoms with Gasteiger partial charge in [0.25, 0.3) is 5.91 Å². The van der Waals surface area contributed by atoms with E-state index < -0.39 is 0 Å². The van der Waals surface area contributed by atoms with Crippen LogP contribution in [-0.2, 0) is 0 Å². The Morgan fingerprint density at radius 2 is 1.68 bits per heavy atom. The fourth-order valence-corrected chi connectivity index (χ4v) is 4.62. The molecule has 0 radical (unpaired) electrons. The first kappa shape index (κ1) is 19.6. The zero-order valence-corrected chi connectivity index (χ0v) is 17.8. The Labute approximate surface area is 182 Å². The largest absolute Gasteiger partial charge is 0.348 e. The number of fused-ring (bicyclic) bond motifs is 1. The van der Waals surface area contributed by atoms with Gasteiger partial charge in [0.15, 0.2) is 5.69 Å². The fraction of sp³-hybridized carbons (Fsp3) is 0.259. The molecule has 0 spiro atoms. The van der Waals surface area contributed by atoms with Crippen LogP contribution in [0.15, 0.2) is 72.8 Å². The first-order valence-electron chi connectivity index (χ1n) is 11.2. The molecule has 4 aromatic rings. The van der Waals surface area contributed by atoms with Crippen LogP contribution in [0.2, 0.25) is 0 Å². The molecule has 1 aromatic heterocycles. The van der Waals surface area contributed by atoms with Gasteiger partial charge in [-0.25, -0.2) is 4.68 Å². The van der Waals surface area contributed by atoms with Gasteiger partial charge < -0.3 is 5.32 Å². The van der Waals surface area contributed by atoms with Gasteiger partial charge >= 0.3 is 0 Å². The molecule has 3 aromatic carbocycles. The molecule has 0 aliphatic heterocycles. The Kier molecular flexibility index (Phi) is 5.29. The van der Waals surface area contributed by atoms with Gasteiger partial charge in [0.05, 0.1) is 11.4 Å². The third kappa shape index (κ3) is 3.86. The van der Waals surface area contributed by atoms with Crippen LogP contribution in [0.5, 0.6) is 0 Å². The van der Waals surface area contributed by atoms with Crippen molar-refractivity contribution in [1.29, 1.82) is 0 Å². The molecule has 0 atom stereocenters. The van der Waals surface area contributed by atoms with Crippen molar-refractivity contribution in [2.24, 2.45) is 0 Å². The summed E-state index contributed by atoms with van der Waals surface area (Å²) in [5.74, 6) is -0.0827. The minimum absolute atomic E-state index is 0.0827. The molecule has 0 unspecified atom stereocenters. The molecular weight excluding hydrogens is 382 g/mol. The number of nitrogens with zero attached hydrogens (tertiary/aromatic N) is 2. The summed E-state index contributed by atoms with van der Waals surface area (Å²) in [6.07, 6.45) is 5.74. The van der Waals surface area contributed by atoms with Gasteiger partial charge in [-0.3, -0.25) is 4.79 Å². The molecule has 1 aliphatic rings. The minimum Gasteiger partial charge on any atom is -0.348 e. The molecule has 4 heteroatoms. The summed E-state index contributed by atoms with van der Waals surface area (Å²) in [4.78, 5) is 13.1. The van der Waals surface area contributed by atoms with Gasteiger partial charge in [-0.05, 0) is 48.2 Å². The predicted octanol–water partition coefficient (Wildman–Crippen LogP) is 6.06. The number of para-hydroxylation sites is 1. The Bertz CT molecular complexity index is 1230. The number of amides is 1. The van der Waals surface area contributed by atoms with Crippen LogP contribution in [-0.4, -0.2) is 21.7 Å². The summed E-state index contributed by atoms with van der Waals surface area (Å²) in [7, 11) is 0. The van der Waals surface area contributed by atoms with Crippen LogP contribution in [0.4, 0.5) is 0 Å². The van der Waals surface area contributed by atoms with E-state index in [1.807, 2.05) is 28.9 Å². The lowest BCUT2D eigenvalue weighted by molar-refractivity contribution is 0.0922. The second-order valence-corrected chi connectivity index (χ2v) is 8.45. The topological polar surface area (TPSA) is 46.9 Å². The average Bonchev–Trinajstić information content (AvgIpc) is 3.25. The minimum atomic E-state index is -0.0827. The van der Waals surface area contributed by atoms with Gasteiger partial charge in [-0.1, -0.05) is 79.9 Å². The average molecular weight is 410 g/mol. The van der Waals surface area contributed by atoms with Crippen molar-refractivity contribution >= 4 is 16.7 Å². The number of carbonyl (C=O) groups excluding carboxylic acids is 1. The summed E-state index contributed by atoms with van der Waals surface area (Å²) in [5, 5.41) is 10.3. The number of hydrogen-bond donors (Lipinski definition) is 1. The Hall–Kier alpha value is -3.40. The molecule has 156 valence electrons. The number of benzene rings is 3. The van der Waals surface area contributed by atoms with Gasteiger partial charge in [0, 0.05) is 11.6 Å². The lowest BCUT2D eigenvalue weighted by atomic mass is 9.95. The summed E-state index contributed by atoms with van der Waals surface area (Å²) >= 11 is 0. The number of hydrogen-bond acceptors (Lipinski definition) is 2. The quantitative estimate of drug-likeness (QED) is 0.445. The molecule has 0 saturated heterocycles. The third-order valence-corrected chi connectivity index (χ3v) is 6.29. The highest BCUT2D eigenvalue weighted by Crippen LogP contribution is 2.31. The van der Waals surface area contributed by atoms with E-state index in [-0.39, 0.29) is 11.9 Å². The smallest absolute Gasteiger partial charge is 0.272 e. The van der Waals surface area contributed by atoms with Crippen LogP contribution in [0.1, 0.15) is 48.2 Å². The Balaban J connectivity index is 1.62. The van der Waals surface area contributed by atoms with Crippen molar-refractivity contribution in [2.45, 2.75) is 45.1 Å². The zero-order valence-electron chi connectivity index (χ0n) is 17.8. The highest BCUT2D eigenvalue weighted by atomic mass is 16.2. The van der Waals surface area contributed by atoms with Gasteiger partial charge in [0.2, 0.25) is 0 Å². The van der Waals surface area contributed by atoms with Gasteiger partial charge in [-0.15, -0.1) is 0 Å². The normalized spacial score (nSPS) is 14.6. The lowest BCUT2D eigenvalue weighted by Gasteiger charge is -2.22. The van der Waals surface area contributed by atoms with E-state index in [0.29, 0.717) is 5.69 Å². The van der Waals surface area contributed by atoms with Crippen LogP contribution >= 0.6 is 0 Å². The predicted molar refractivity (Wildman–Crippen MR) is 126 cm³/mol. The molecule has 1 fully saturated rings. The molecule has 1 heterocycles. The maximum atomic E-state index is 13.1. The summed E-state index contributed by atoms with van der Waals surface area (Å²) in [5.41, 5.74) is 4.58. The van der Waals surface area contributed by atoms with Crippen LogP contribution in [0.3, 0.4) is 0 Å². The zero-order chi connectivity index (χ0) is 21.2.